The first-order valence-electron chi connectivity index (χ1n) is 4.58. The summed E-state index contributed by atoms with van der Waals surface area (Å²) in [5.74, 6) is 0.827. The summed E-state index contributed by atoms with van der Waals surface area (Å²) in [6.45, 7) is 1.31. The van der Waals surface area contributed by atoms with Gasteiger partial charge in [-0.05, 0) is 12.8 Å². The van der Waals surface area contributed by atoms with Gasteiger partial charge in [-0.2, -0.15) is 0 Å². The van der Waals surface area contributed by atoms with Crippen molar-refractivity contribution in [2.75, 3.05) is 11.9 Å². The second kappa shape index (κ2) is 6.99. The Morgan fingerprint density at radius 2 is 1.83 bits per heavy atom. The Kier molecular flexibility index (Phi) is 7.31. The normalized spacial score (nSPS) is 15.9. The fraction of sp³-hybridized carbons (Fsp3) is 1.00. The number of unbranched alkanes of at least 4 members (excludes halogenated alkanes) is 2. The maximum absolute atomic E-state index is 11.4. The molecule has 0 aromatic carbocycles. The Balaban J connectivity index is 3.49. The van der Waals surface area contributed by atoms with E-state index in [-0.39, 0.29) is 0 Å². The summed E-state index contributed by atoms with van der Waals surface area (Å²) < 4.78 is 11.4. The van der Waals surface area contributed by atoms with Gasteiger partial charge in [0.1, 0.15) is 0 Å². The lowest BCUT2D eigenvalue weighted by Crippen LogP contribution is -1.86. The number of hydrogen-bond donors (Lipinski definition) is 1. The summed E-state index contributed by atoms with van der Waals surface area (Å²) >= 11 is 1.25. The minimum Gasteiger partial charge on any atom is -0.337 e. The first kappa shape index (κ1) is 12.5. The summed E-state index contributed by atoms with van der Waals surface area (Å²) in [7, 11) is 0. The Morgan fingerprint density at radius 1 is 1.25 bits per heavy atom. The van der Waals surface area contributed by atoms with Crippen LogP contribution in [0.5, 0.6) is 0 Å². The van der Waals surface area contributed by atoms with Gasteiger partial charge in [-0.25, -0.2) is 0 Å². The lowest BCUT2D eigenvalue weighted by Gasteiger charge is -2.08. The van der Waals surface area contributed by atoms with E-state index in [0.29, 0.717) is 6.16 Å². The van der Waals surface area contributed by atoms with Crippen LogP contribution < -0.4 is 0 Å². The van der Waals surface area contributed by atoms with Gasteiger partial charge in [-0.15, -0.1) is 0 Å². The standard InChI is InChI=1S/C8H19O2PS/c1-3-5-7-11(9,10)12-8-6-4-2/h3-8H2,1-2H3,(H,9,10). The van der Waals surface area contributed by atoms with E-state index in [9.17, 15) is 9.46 Å². The Morgan fingerprint density at radius 3 is 2.33 bits per heavy atom. The SMILES string of the molecule is CCCCSP(=O)(O)CCCC. The van der Waals surface area contributed by atoms with Crippen LogP contribution in [0.1, 0.15) is 39.5 Å². The lowest BCUT2D eigenvalue weighted by molar-refractivity contribution is 0.494. The molecule has 1 unspecified atom stereocenters. The van der Waals surface area contributed by atoms with E-state index in [4.69, 9.17) is 0 Å². The zero-order valence-electron chi connectivity index (χ0n) is 7.95. The largest absolute Gasteiger partial charge is 0.337 e. The van der Waals surface area contributed by atoms with Gasteiger partial charge in [0.05, 0.1) is 0 Å². The van der Waals surface area contributed by atoms with Crippen LogP contribution in [0.15, 0.2) is 0 Å². The molecule has 0 aliphatic heterocycles. The Hall–Kier alpha value is 0.540. The third kappa shape index (κ3) is 7.20. The number of rotatable bonds is 7. The van der Waals surface area contributed by atoms with Gasteiger partial charge in [-0.1, -0.05) is 38.1 Å². The van der Waals surface area contributed by atoms with Crippen molar-refractivity contribution < 1.29 is 9.46 Å². The van der Waals surface area contributed by atoms with Crippen molar-refractivity contribution in [3.8, 4) is 0 Å². The first-order valence-corrected chi connectivity index (χ1v) is 8.02. The van der Waals surface area contributed by atoms with Gasteiger partial charge in [0.25, 0.3) is 6.57 Å². The van der Waals surface area contributed by atoms with Gasteiger partial charge >= 0.3 is 0 Å². The number of hydrogen-bond acceptors (Lipinski definition) is 2. The molecule has 12 heavy (non-hydrogen) atoms. The van der Waals surface area contributed by atoms with Crippen molar-refractivity contribution in [3.05, 3.63) is 0 Å². The van der Waals surface area contributed by atoms with E-state index in [1.165, 1.54) is 11.4 Å². The van der Waals surface area contributed by atoms with Crippen molar-refractivity contribution >= 4 is 18.0 Å². The molecule has 0 rings (SSSR count). The molecule has 0 fully saturated rings. The Labute approximate surface area is 79.3 Å². The topological polar surface area (TPSA) is 37.3 Å². The summed E-state index contributed by atoms with van der Waals surface area (Å²) in [4.78, 5) is 9.39. The average Bonchev–Trinajstić information content (AvgIpc) is 2.01. The molecule has 0 aliphatic rings. The molecule has 0 amide bonds. The van der Waals surface area contributed by atoms with Gasteiger partial charge in [0.15, 0.2) is 0 Å². The van der Waals surface area contributed by atoms with Crippen LogP contribution in [-0.4, -0.2) is 16.8 Å². The minimum absolute atomic E-state index is 0.484. The molecule has 74 valence electrons. The molecule has 2 nitrogen and oxygen atoms in total. The summed E-state index contributed by atoms with van der Waals surface area (Å²) in [5.41, 5.74) is 0. The molecule has 0 aromatic rings. The average molecular weight is 210 g/mol. The highest BCUT2D eigenvalue weighted by Gasteiger charge is 2.16. The molecule has 0 aromatic heterocycles. The van der Waals surface area contributed by atoms with Crippen molar-refractivity contribution in [2.45, 2.75) is 39.5 Å². The lowest BCUT2D eigenvalue weighted by atomic mass is 10.4. The van der Waals surface area contributed by atoms with Gasteiger partial charge in [0.2, 0.25) is 0 Å². The Bertz CT molecular complexity index is 150. The van der Waals surface area contributed by atoms with Crippen LogP contribution in [0.4, 0.5) is 0 Å². The first-order chi connectivity index (χ1) is 5.62. The zero-order valence-corrected chi connectivity index (χ0v) is 9.66. The minimum atomic E-state index is -2.82. The fourth-order valence-electron chi connectivity index (χ4n) is 0.774. The molecular formula is C8H19O2PS. The van der Waals surface area contributed by atoms with Crippen LogP contribution >= 0.6 is 18.0 Å². The van der Waals surface area contributed by atoms with E-state index in [0.717, 1.165) is 31.4 Å². The molecule has 0 aliphatic carbocycles. The molecule has 4 heteroatoms. The predicted octanol–water partition coefficient (Wildman–Crippen LogP) is 3.51. The van der Waals surface area contributed by atoms with E-state index >= 15 is 0 Å². The van der Waals surface area contributed by atoms with Crippen LogP contribution in [0.2, 0.25) is 0 Å². The van der Waals surface area contributed by atoms with E-state index in [1.54, 1.807) is 0 Å². The highest BCUT2D eigenvalue weighted by Crippen LogP contribution is 2.55. The van der Waals surface area contributed by atoms with Gasteiger partial charge in [-0.3, -0.25) is 4.57 Å². The quantitative estimate of drug-likeness (QED) is 0.516. The van der Waals surface area contributed by atoms with Gasteiger partial charge < -0.3 is 4.89 Å². The van der Waals surface area contributed by atoms with Crippen molar-refractivity contribution in [3.63, 3.8) is 0 Å². The second-order valence-corrected chi connectivity index (χ2v) is 7.78. The van der Waals surface area contributed by atoms with Crippen molar-refractivity contribution in [1.29, 1.82) is 0 Å². The third-order valence-electron chi connectivity index (χ3n) is 1.59. The molecule has 0 saturated carbocycles. The van der Waals surface area contributed by atoms with Crippen LogP contribution in [0, 0.1) is 0 Å². The fourth-order valence-corrected chi connectivity index (χ4v) is 4.34. The highest BCUT2D eigenvalue weighted by molar-refractivity contribution is 8.56. The molecule has 1 N–H and O–H groups in total. The molecule has 0 bridgehead atoms. The van der Waals surface area contributed by atoms with Crippen LogP contribution in [-0.2, 0) is 4.57 Å². The van der Waals surface area contributed by atoms with E-state index in [1.807, 2.05) is 6.92 Å². The summed E-state index contributed by atoms with van der Waals surface area (Å²) in [6.07, 6.45) is 4.49. The molecule has 0 spiro atoms. The van der Waals surface area contributed by atoms with Gasteiger partial charge in [0, 0.05) is 11.9 Å². The monoisotopic (exact) mass is 210 g/mol. The predicted molar refractivity (Wildman–Crippen MR) is 57.0 cm³/mol. The second-order valence-electron chi connectivity index (χ2n) is 2.90. The highest BCUT2D eigenvalue weighted by atomic mass is 32.7. The molecule has 0 radical (unpaired) electrons. The smallest absolute Gasteiger partial charge is 0.255 e. The maximum atomic E-state index is 11.4. The van der Waals surface area contributed by atoms with Crippen LogP contribution in [0.25, 0.3) is 0 Å². The molecular weight excluding hydrogens is 191 g/mol. The summed E-state index contributed by atoms with van der Waals surface area (Å²) in [5, 5.41) is 0. The van der Waals surface area contributed by atoms with Crippen LogP contribution in [0.3, 0.4) is 0 Å². The van der Waals surface area contributed by atoms with Crippen molar-refractivity contribution in [1.82, 2.24) is 0 Å². The van der Waals surface area contributed by atoms with E-state index < -0.39 is 6.57 Å². The van der Waals surface area contributed by atoms with Crippen molar-refractivity contribution in [2.24, 2.45) is 0 Å². The zero-order chi connectivity index (χ0) is 9.45. The third-order valence-corrected chi connectivity index (χ3v) is 5.65. The molecule has 1 atom stereocenters. The molecule has 0 saturated heterocycles. The maximum Gasteiger partial charge on any atom is 0.255 e. The van der Waals surface area contributed by atoms with E-state index in [2.05, 4.69) is 6.92 Å². The molecule has 0 heterocycles. The summed E-state index contributed by atoms with van der Waals surface area (Å²) in [6, 6.07) is 0.